The average molecular weight is 264 g/mol. The van der Waals surface area contributed by atoms with Gasteiger partial charge >= 0.3 is 12.3 Å². The third kappa shape index (κ3) is 3.78. The van der Waals surface area contributed by atoms with E-state index in [2.05, 4.69) is 0 Å². The molecule has 1 aromatic rings. The summed E-state index contributed by atoms with van der Waals surface area (Å²) in [5, 5.41) is 0. The molecule has 0 atom stereocenters. The summed E-state index contributed by atoms with van der Waals surface area (Å²) in [6.45, 7) is 1.05. The first-order valence-electron chi connectivity index (χ1n) is 5.63. The normalized spacial score (nSPS) is 11.9. The van der Waals surface area contributed by atoms with Gasteiger partial charge in [-0.1, -0.05) is 13.0 Å². The Hall–Kier alpha value is -1.46. The van der Waals surface area contributed by atoms with Gasteiger partial charge in [0.15, 0.2) is 0 Å². The van der Waals surface area contributed by atoms with Crippen molar-refractivity contribution in [1.29, 1.82) is 0 Å². The minimum absolute atomic E-state index is 0.270. The van der Waals surface area contributed by atoms with Gasteiger partial charge in [-0.25, -0.2) is 8.78 Å². The molecule has 6 heteroatoms. The van der Waals surface area contributed by atoms with E-state index in [0.29, 0.717) is 17.8 Å². The van der Waals surface area contributed by atoms with Crippen molar-refractivity contribution >= 4 is 11.4 Å². The van der Waals surface area contributed by atoms with Crippen molar-refractivity contribution in [3.8, 4) is 0 Å². The van der Waals surface area contributed by atoms with Crippen molar-refractivity contribution in [3.63, 3.8) is 0 Å². The molecule has 0 spiro atoms. The number of nitrogens with two attached hydrogens (primary N) is 1. The first kappa shape index (κ1) is 14.6. The Labute approximate surface area is 103 Å². The number of halogens is 4. The van der Waals surface area contributed by atoms with Gasteiger partial charge in [-0.15, -0.1) is 0 Å². The van der Waals surface area contributed by atoms with E-state index in [1.54, 1.807) is 25.1 Å². The Morgan fingerprint density at radius 3 is 2.50 bits per heavy atom. The zero-order valence-corrected chi connectivity index (χ0v) is 10.0. The highest BCUT2D eigenvalue weighted by atomic mass is 19.3. The highest BCUT2D eigenvalue weighted by Crippen LogP contribution is 2.27. The molecule has 0 radical (unpaired) electrons. The number of rotatable bonds is 6. The Bertz CT molecular complexity index is 382. The second-order valence-electron chi connectivity index (χ2n) is 4.08. The number of anilines is 2. The summed E-state index contributed by atoms with van der Waals surface area (Å²) in [6, 6.07) is 6.29. The highest BCUT2D eigenvalue weighted by molar-refractivity contribution is 5.56. The van der Waals surface area contributed by atoms with E-state index in [9.17, 15) is 17.6 Å². The number of benzene rings is 1. The molecule has 0 bridgehead atoms. The van der Waals surface area contributed by atoms with Crippen LogP contribution in [0.5, 0.6) is 0 Å². The van der Waals surface area contributed by atoms with Gasteiger partial charge in [-0.3, -0.25) is 0 Å². The number of hydrogen-bond acceptors (Lipinski definition) is 2. The molecule has 0 saturated carbocycles. The molecule has 0 aliphatic heterocycles. The maximum absolute atomic E-state index is 13.1. The Balaban J connectivity index is 2.90. The summed E-state index contributed by atoms with van der Waals surface area (Å²) >= 11 is 0. The van der Waals surface area contributed by atoms with E-state index in [1.807, 2.05) is 0 Å². The van der Waals surface area contributed by atoms with Gasteiger partial charge in [0.05, 0.1) is 6.54 Å². The molecule has 0 aliphatic rings. The Kier molecular flexibility index (Phi) is 4.81. The topological polar surface area (TPSA) is 29.3 Å². The lowest BCUT2D eigenvalue weighted by molar-refractivity contribution is -0.121. The van der Waals surface area contributed by atoms with Gasteiger partial charge in [0.1, 0.15) is 0 Å². The smallest absolute Gasteiger partial charge is 0.324 e. The maximum Gasteiger partial charge on any atom is 0.324 e. The third-order valence-electron chi connectivity index (χ3n) is 2.45. The molecule has 0 amide bonds. The van der Waals surface area contributed by atoms with Gasteiger partial charge in [0.2, 0.25) is 0 Å². The molecular formula is C12H16F4N2. The fourth-order valence-electron chi connectivity index (χ4n) is 1.61. The standard InChI is InChI=1S/C12H16F4N2/c1-2-6-18(8-12(15,16)11(13)14)10-5-3-4-9(17)7-10/h3-5,7,11H,2,6,8,17H2,1H3. The zero-order chi connectivity index (χ0) is 13.8. The second-order valence-corrected chi connectivity index (χ2v) is 4.08. The predicted molar refractivity (Wildman–Crippen MR) is 64.3 cm³/mol. The van der Waals surface area contributed by atoms with Crippen LogP contribution in [0.15, 0.2) is 24.3 Å². The molecule has 0 aromatic heterocycles. The summed E-state index contributed by atoms with van der Waals surface area (Å²) < 4.78 is 50.6. The van der Waals surface area contributed by atoms with E-state index in [1.165, 1.54) is 11.0 Å². The van der Waals surface area contributed by atoms with E-state index < -0.39 is 18.9 Å². The van der Waals surface area contributed by atoms with Gasteiger partial charge < -0.3 is 10.6 Å². The van der Waals surface area contributed by atoms with Crippen molar-refractivity contribution in [2.75, 3.05) is 23.7 Å². The zero-order valence-electron chi connectivity index (χ0n) is 10.0. The first-order valence-corrected chi connectivity index (χ1v) is 5.63. The molecule has 2 nitrogen and oxygen atoms in total. The average Bonchev–Trinajstić information content (AvgIpc) is 2.28. The second kappa shape index (κ2) is 5.93. The van der Waals surface area contributed by atoms with Crippen molar-refractivity contribution in [1.82, 2.24) is 0 Å². The number of nitrogens with zero attached hydrogens (tertiary/aromatic N) is 1. The molecule has 0 heterocycles. The summed E-state index contributed by atoms with van der Waals surface area (Å²) in [4.78, 5) is 1.22. The Morgan fingerprint density at radius 2 is 2.00 bits per heavy atom. The molecule has 102 valence electrons. The summed E-state index contributed by atoms with van der Waals surface area (Å²) in [5.74, 6) is -4.03. The molecule has 0 aliphatic carbocycles. The van der Waals surface area contributed by atoms with Crippen LogP contribution in [0.3, 0.4) is 0 Å². The van der Waals surface area contributed by atoms with Crippen molar-refractivity contribution in [2.45, 2.75) is 25.7 Å². The van der Waals surface area contributed by atoms with Gasteiger partial charge in [-0.05, 0) is 24.6 Å². The van der Waals surface area contributed by atoms with Gasteiger partial charge in [0, 0.05) is 17.9 Å². The summed E-state index contributed by atoms with van der Waals surface area (Å²) in [7, 11) is 0. The van der Waals surface area contributed by atoms with Gasteiger partial charge in [-0.2, -0.15) is 8.78 Å². The largest absolute Gasteiger partial charge is 0.399 e. The van der Waals surface area contributed by atoms with Crippen LogP contribution >= 0.6 is 0 Å². The van der Waals surface area contributed by atoms with Crippen molar-refractivity contribution < 1.29 is 17.6 Å². The van der Waals surface area contributed by atoms with E-state index in [-0.39, 0.29) is 6.54 Å². The van der Waals surface area contributed by atoms with Crippen LogP contribution < -0.4 is 10.6 Å². The maximum atomic E-state index is 13.1. The molecule has 0 saturated heterocycles. The minimum Gasteiger partial charge on any atom is -0.399 e. The SMILES string of the molecule is CCCN(CC(F)(F)C(F)F)c1cccc(N)c1. The lowest BCUT2D eigenvalue weighted by Crippen LogP contribution is -2.42. The quantitative estimate of drug-likeness (QED) is 0.630. The van der Waals surface area contributed by atoms with Crippen molar-refractivity contribution in [3.05, 3.63) is 24.3 Å². The first-order chi connectivity index (χ1) is 8.36. The fraction of sp³-hybridized carbons (Fsp3) is 0.500. The fourth-order valence-corrected chi connectivity index (χ4v) is 1.61. The van der Waals surface area contributed by atoms with Gasteiger partial charge in [0.25, 0.3) is 0 Å². The molecule has 1 rings (SSSR count). The van der Waals surface area contributed by atoms with Crippen LogP contribution in [0.25, 0.3) is 0 Å². The molecule has 0 fully saturated rings. The van der Waals surface area contributed by atoms with Crippen LogP contribution in [0.4, 0.5) is 28.9 Å². The number of nitrogen functional groups attached to an aromatic ring is 1. The molecular weight excluding hydrogens is 248 g/mol. The summed E-state index contributed by atoms with van der Waals surface area (Å²) in [5.41, 5.74) is 6.39. The lowest BCUT2D eigenvalue weighted by atomic mass is 10.2. The highest BCUT2D eigenvalue weighted by Gasteiger charge is 2.42. The molecule has 0 unspecified atom stereocenters. The number of alkyl halides is 4. The van der Waals surface area contributed by atoms with Crippen LogP contribution in [0.1, 0.15) is 13.3 Å². The monoisotopic (exact) mass is 264 g/mol. The number of hydrogen-bond donors (Lipinski definition) is 1. The van der Waals surface area contributed by atoms with Crippen molar-refractivity contribution in [2.24, 2.45) is 0 Å². The van der Waals surface area contributed by atoms with E-state index in [4.69, 9.17) is 5.73 Å². The third-order valence-corrected chi connectivity index (χ3v) is 2.45. The van der Waals surface area contributed by atoms with Crippen LogP contribution in [0.2, 0.25) is 0 Å². The van der Waals surface area contributed by atoms with E-state index >= 15 is 0 Å². The van der Waals surface area contributed by atoms with E-state index in [0.717, 1.165) is 0 Å². The lowest BCUT2D eigenvalue weighted by Gasteiger charge is -2.28. The van der Waals surface area contributed by atoms with Crippen LogP contribution in [-0.2, 0) is 0 Å². The van der Waals surface area contributed by atoms with Crippen LogP contribution in [0, 0.1) is 0 Å². The molecule has 1 aromatic carbocycles. The molecule has 2 N–H and O–H groups in total. The predicted octanol–water partition coefficient (Wildman–Crippen LogP) is 3.39. The van der Waals surface area contributed by atoms with Crippen LogP contribution in [-0.4, -0.2) is 25.4 Å². The molecule has 18 heavy (non-hydrogen) atoms. The Morgan fingerprint density at radius 1 is 1.33 bits per heavy atom. The summed E-state index contributed by atoms with van der Waals surface area (Å²) in [6.07, 6.45) is -3.09. The minimum atomic E-state index is -4.03.